The molecule has 1 spiro atoms. The van der Waals surface area contributed by atoms with Crippen molar-refractivity contribution < 1.29 is 9.53 Å². The van der Waals surface area contributed by atoms with E-state index >= 15 is 0 Å². The fourth-order valence-electron chi connectivity index (χ4n) is 5.40. The highest BCUT2D eigenvalue weighted by atomic mass is 32.1. The van der Waals surface area contributed by atoms with E-state index in [0.29, 0.717) is 11.4 Å². The molecule has 0 radical (unpaired) electrons. The number of aromatic nitrogens is 1. The summed E-state index contributed by atoms with van der Waals surface area (Å²) >= 11 is 4.90. The first-order chi connectivity index (χ1) is 16.5. The zero-order chi connectivity index (χ0) is 23.9. The van der Waals surface area contributed by atoms with E-state index in [9.17, 15) is 10.1 Å². The van der Waals surface area contributed by atoms with Crippen molar-refractivity contribution in [3.05, 3.63) is 47.8 Å². The smallest absolute Gasteiger partial charge is 0.255 e. The maximum atomic E-state index is 13.7. The molecule has 3 heterocycles. The Hall–Kier alpha value is -2.76. The first kappa shape index (κ1) is 23.0. The molecule has 8 heteroatoms. The van der Waals surface area contributed by atoms with Gasteiger partial charge in [0.1, 0.15) is 29.2 Å². The first-order valence-electron chi connectivity index (χ1n) is 12.1. The molecule has 1 saturated carbocycles. The van der Waals surface area contributed by atoms with Crippen LogP contribution in [0.1, 0.15) is 50.3 Å². The number of nitriles is 1. The number of pyridine rings is 1. The quantitative estimate of drug-likeness (QED) is 0.654. The van der Waals surface area contributed by atoms with Crippen LogP contribution in [0, 0.1) is 18.3 Å². The molecule has 0 N–H and O–H groups in total. The van der Waals surface area contributed by atoms with Crippen LogP contribution < -0.4 is 14.5 Å². The number of thiol groups is 1. The summed E-state index contributed by atoms with van der Waals surface area (Å²) in [5, 5.41) is 9.22. The van der Waals surface area contributed by atoms with E-state index in [2.05, 4.69) is 27.8 Å². The van der Waals surface area contributed by atoms with Crippen molar-refractivity contribution in [1.82, 2.24) is 9.88 Å². The Morgan fingerprint density at radius 3 is 2.47 bits per heavy atom. The molecule has 2 saturated heterocycles. The SMILES string of the molecule is CCN1CCC(Oc2ccc(N3C(S)N(c4cnc(C#N)c(C)c4)C(=O)C34CCC4)cc2)CC1. The number of anilines is 2. The van der Waals surface area contributed by atoms with Gasteiger partial charge in [0.25, 0.3) is 5.91 Å². The van der Waals surface area contributed by atoms with Gasteiger partial charge in [0.05, 0.1) is 11.9 Å². The van der Waals surface area contributed by atoms with Crippen LogP contribution >= 0.6 is 12.6 Å². The normalized spacial score (nSPS) is 22.6. The summed E-state index contributed by atoms with van der Waals surface area (Å²) in [6, 6.07) is 12.0. The molecule has 1 amide bonds. The van der Waals surface area contributed by atoms with E-state index in [1.54, 1.807) is 11.1 Å². The Labute approximate surface area is 206 Å². The average molecular weight is 478 g/mol. The number of ether oxygens (including phenoxy) is 1. The number of aryl methyl sites for hydroxylation is 1. The number of rotatable bonds is 5. The van der Waals surface area contributed by atoms with Gasteiger partial charge in [-0.15, -0.1) is 12.6 Å². The minimum absolute atomic E-state index is 0.0488. The molecule has 5 rings (SSSR count). The van der Waals surface area contributed by atoms with Crippen molar-refractivity contribution in [3.8, 4) is 11.8 Å². The van der Waals surface area contributed by atoms with Crippen LogP contribution in [-0.2, 0) is 4.79 Å². The van der Waals surface area contributed by atoms with Gasteiger partial charge in [-0.1, -0.05) is 6.92 Å². The highest BCUT2D eigenvalue weighted by molar-refractivity contribution is 7.81. The number of likely N-dealkylation sites (tertiary alicyclic amines) is 1. The molecule has 1 unspecified atom stereocenters. The number of carbonyl (C=O) groups excluding carboxylic acids is 1. The van der Waals surface area contributed by atoms with Crippen molar-refractivity contribution in [3.63, 3.8) is 0 Å². The number of amides is 1. The molecular weight excluding hydrogens is 446 g/mol. The summed E-state index contributed by atoms with van der Waals surface area (Å²) in [6.07, 6.45) is 6.56. The van der Waals surface area contributed by atoms with E-state index in [1.807, 2.05) is 37.3 Å². The molecule has 1 aromatic carbocycles. The Balaban J connectivity index is 1.37. The molecule has 7 nitrogen and oxygen atoms in total. The van der Waals surface area contributed by atoms with Crippen molar-refractivity contribution in [2.75, 3.05) is 29.4 Å². The summed E-state index contributed by atoms with van der Waals surface area (Å²) in [5.41, 5.74) is 1.73. The molecule has 3 aliphatic rings. The van der Waals surface area contributed by atoms with Gasteiger partial charge in [-0.3, -0.25) is 9.69 Å². The standard InChI is InChI=1S/C26H31N5O2S/c1-3-29-13-9-22(10-14-29)33-21-7-5-19(6-8-21)31-25(34)30(24(32)26(31)11-4-12-26)20-15-18(2)23(16-27)28-17-20/h5-8,15,17,22,25,34H,3-4,9-14H2,1-2H3. The maximum absolute atomic E-state index is 13.7. The molecule has 34 heavy (non-hydrogen) atoms. The summed E-state index contributed by atoms with van der Waals surface area (Å²) < 4.78 is 6.26. The van der Waals surface area contributed by atoms with Crippen molar-refractivity contribution >= 4 is 29.9 Å². The average Bonchev–Trinajstić information content (AvgIpc) is 3.07. The molecule has 0 bridgehead atoms. The second kappa shape index (κ2) is 9.12. The zero-order valence-electron chi connectivity index (χ0n) is 19.8. The molecule has 1 atom stereocenters. The van der Waals surface area contributed by atoms with Crippen LogP contribution in [0.15, 0.2) is 36.5 Å². The fraction of sp³-hybridized carbons (Fsp3) is 0.500. The largest absolute Gasteiger partial charge is 0.490 e. The van der Waals surface area contributed by atoms with Crippen LogP contribution in [0.2, 0.25) is 0 Å². The number of hydrogen-bond donors (Lipinski definition) is 1. The lowest BCUT2D eigenvalue weighted by molar-refractivity contribution is -0.124. The molecule has 2 aliphatic heterocycles. The Bertz CT molecular complexity index is 1100. The number of benzene rings is 1. The van der Waals surface area contributed by atoms with Crippen molar-refractivity contribution in [2.24, 2.45) is 0 Å². The predicted octanol–water partition coefficient (Wildman–Crippen LogP) is 4.11. The summed E-state index contributed by atoms with van der Waals surface area (Å²) in [4.78, 5) is 24.2. The third-order valence-electron chi connectivity index (χ3n) is 7.57. The molecular formula is C26H31N5O2S. The Kier molecular flexibility index (Phi) is 6.17. The third kappa shape index (κ3) is 3.81. The Morgan fingerprint density at radius 1 is 1.21 bits per heavy atom. The first-order valence-corrected chi connectivity index (χ1v) is 12.7. The zero-order valence-corrected chi connectivity index (χ0v) is 20.7. The van der Waals surface area contributed by atoms with E-state index in [0.717, 1.165) is 68.7 Å². The van der Waals surface area contributed by atoms with Gasteiger partial charge in [-0.2, -0.15) is 5.26 Å². The van der Waals surface area contributed by atoms with Crippen molar-refractivity contribution in [1.29, 1.82) is 5.26 Å². The van der Waals surface area contributed by atoms with Gasteiger partial charge in [-0.05, 0) is 81.5 Å². The second-order valence-corrected chi connectivity index (χ2v) is 9.95. The lowest BCUT2D eigenvalue weighted by Crippen LogP contribution is -2.55. The van der Waals surface area contributed by atoms with E-state index in [1.165, 1.54) is 0 Å². The highest BCUT2D eigenvalue weighted by Gasteiger charge is 2.60. The van der Waals surface area contributed by atoms with Crippen LogP contribution in [0.25, 0.3) is 0 Å². The molecule has 1 aromatic heterocycles. The van der Waals surface area contributed by atoms with Crippen LogP contribution in [0.4, 0.5) is 11.4 Å². The number of piperidine rings is 1. The summed E-state index contributed by atoms with van der Waals surface area (Å²) in [6.45, 7) is 7.30. The minimum Gasteiger partial charge on any atom is -0.490 e. The van der Waals surface area contributed by atoms with Crippen LogP contribution in [0.3, 0.4) is 0 Å². The monoisotopic (exact) mass is 477 g/mol. The molecule has 1 aliphatic carbocycles. The number of hydrogen-bond acceptors (Lipinski definition) is 7. The number of carbonyl (C=O) groups is 1. The molecule has 3 fully saturated rings. The maximum Gasteiger partial charge on any atom is 0.255 e. The van der Waals surface area contributed by atoms with Crippen molar-refractivity contribution in [2.45, 2.75) is 63.1 Å². The van der Waals surface area contributed by atoms with Gasteiger partial charge < -0.3 is 14.5 Å². The Morgan fingerprint density at radius 2 is 1.91 bits per heavy atom. The predicted molar refractivity (Wildman–Crippen MR) is 135 cm³/mol. The fourth-order valence-corrected chi connectivity index (χ4v) is 5.99. The van der Waals surface area contributed by atoms with Gasteiger partial charge in [0.2, 0.25) is 0 Å². The van der Waals surface area contributed by atoms with Gasteiger partial charge in [-0.25, -0.2) is 4.98 Å². The van der Waals surface area contributed by atoms with Crippen LogP contribution in [0.5, 0.6) is 5.75 Å². The third-order valence-corrected chi connectivity index (χ3v) is 8.03. The van der Waals surface area contributed by atoms with E-state index in [4.69, 9.17) is 17.4 Å². The lowest BCUT2D eigenvalue weighted by atomic mass is 9.75. The van der Waals surface area contributed by atoms with E-state index < -0.39 is 11.0 Å². The highest BCUT2D eigenvalue weighted by Crippen LogP contribution is 2.50. The van der Waals surface area contributed by atoms with Gasteiger partial charge >= 0.3 is 0 Å². The summed E-state index contributed by atoms with van der Waals surface area (Å²) in [5.74, 6) is 0.916. The minimum atomic E-state index is -0.580. The summed E-state index contributed by atoms with van der Waals surface area (Å²) in [7, 11) is 0. The lowest BCUT2D eigenvalue weighted by Gasteiger charge is -2.44. The topological polar surface area (TPSA) is 72.7 Å². The molecule has 178 valence electrons. The van der Waals surface area contributed by atoms with Gasteiger partial charge in [0.15, 0.2) is 5.50 Å². The second-order valence-electron chi connectivity index (χ2n) is 9.49. The molecule has 2 aromatic rings. The van der Waals surface area contributed by atoms with E-state index in [-0.39, 0.29) is 12.0 Å². The van der Waals surface area contributed by atoms with Crippen LogP contribution in [-0.4, -0.2) is 52.6 Å². The van der Waals surface area contributed by atoms with Gasteiger partial charge in [0, 0.05) is 18.8 Å². The number of nitrogens with zero attached hydrogens (tertiary/aromatic N) is 5.